The predicted molar refractivity (Wildman–Crippen MR) is 134 cm³/mol. The Balaban J connectivity index is 1.26. The van der Waals surface area contributed by atoms with Crippen LogP contribution in [-0.4, -0.2) is 50.6 Å². The molecule has 0 unspecified atom stereocenters. The fourth-order valence-corrected chi connectivity index (χ4v) is 5.26. The molecule has 2 aromatic carbocycles. The van der Waals surface area contributed by atoms with Crippen molar-refractivity contribution in [1.82, 2.24) is 24.6 Å². The van der Waals surface area contributed by atoms with Crippen molar-refractivity contribution < 1.29 is 4.79 Å². The van der Waals surface area contributed by atoms with Crippen molar-refractivity contribution in [2.24, 2.45) is 0 Å². The number of fused-ring (bicyclic) bond motifs is 2. The summed E-state index contributed by atoms with van der Waals surface area (Å²) in [5.41, 5.74) is 13.9. The molecule has 0 amide bonds. The molecule has 1 aliphatic heterocycles. The topological polar surface area (TPSA) is 92.8 Å². The number of piperidine rings is 1. The Hall–Kier alpha value is -3.71. The lowest BCUT2D eigenvalue weighted by molar-refractivity contribution is 0.103. The number of Topliss-reactive ketones (excluding diaryl/α,β-unsaturated/α-hetero) is 1. The fraction of sp³-hybridized carbons (Fsp3) is 0.296. The molecule has 1 aliphatic carbocycles. The molecule has 0 bridgehead atoms. The summed E-state index contributed by atoms with van der Waals surface area (Å²) in [6, 6.07) is 12.5. The van der Waals surface area contributed by atoms with Gasteiger partial charge in [-0.2, -0.15) is 5.10 Å². The van der Waals surface area contributed by atoms with Crippen LogP contribution in [0.1, 0.15) is 51.6 Å². The highest BCUT2D eigenvalue weighted by atomic mass is 16.1. The van der Waals surface area contributed by atoms with Gasteiger partial charge in [-0.1, -0.05) is 18.2 Å². The molecule has 34 heavy (non-hydrogen) atoms. The number of H-pyrrole nitrogens is 1. The zero-order valence-electron chi connectivity index (χ0n) is 19.5. The molecule has 3 heterocycles. The molecule has 3 N–H and O–H groups in total. The van der Waals surface area contributed by atoms with Gasteiger partial charge in [0.25, 0.3) is 0 Å². The Morgan fingerprint density at radius 3 is 2.79 bits per heavy atom. The summed E-state index contributed by atoms with van der Waals surface area (Å²) < 4.78 is 1.61. The number of benzene rings is 2. The van der Waals surface area contributed by atoms with Crippen molar-refractivity contribution >= 4 is 28.7 Å². The SMILES string of the molecule is Cc1nc2ccc(-n3ncc(C(=O)C4=Cc5cc(C6CCN(C)CC6)ccc5C4)c3N)cc2[nH]1. The second-order valence-electron chi connectivity index (χ2n) is 9.59. The zero-order valence-corrected chi connectivity index (χ0v) is 19.5. The number of allylic oxidation sites excluding steroid dienone is 1. The van der Waals surface area contributed by atoms with Gasteiger partial charge in [0.05, 0.1) is 28.5 Å². The van der Waals surface area contributed by atoms with Gasteiger partial charge in [0.2, 0.25) is 0 Å². The molecule has 7 heteroatoms. The molecular formula is C27H28N6O. The van der Waals surface area contributed by atoms with E-state index in [9.17, 15) is 4.79 Å². The van der Waals surface area contributed by atoms with Crippen LogP contribution in [0.2, 0.25) is 0 Å². The molecular weight excluding hydrogens is 424 g/mol. The summed E-state index contributed by atoms with van der Waals surface area (Å²) in [6.07, 6.45) is 6.61. The second kappa shape index (κ2) is 7.95. The average molecular weight is 453 g/mol. The van der Waals surface area contributed by atoms with Gasteiger partial charge in [0, 0.05) is 12.0 Å². The Morgan fingerprint density at radius 2 is 1.97 bits per heavy atom. The van der Waals surface area contributed by atoms with Crippen molar-refractivity contribution in [3.05, 3.63) is 76.2 Å². The first kappa shape index (κ1) is 20.9. The Morgan fingerprint density at radius 1 is 1.15 bits per heavy atom. The Bertz CT molecular complexity index is 1450. The van der Waals surface area contributed by atoms with Gasteiger partial charge in [-0.25, -0.2) is 9.67 Å². The van der Waals surface area contributed by atoms with E-state index in [-0.39, 0.29) is 5.78 Å². The minimum Gasteiger partial charge on any atom is -0.383 e. The number of nitrogens with one attached hydrogen (secondary N) is 1. The zero-order chi connectivity index (χ0) is 23.4. The number of likely N-dealkylation sites (tertiary alicyclic amines) is 1. The Kier molecular flexibility index (Phi) is 4.88. The van der Waals surface area contributed by atoms with E-state index in [4.69, 9.17) is 5.73 Å². The highest BCUT2D eigenvalue weighted by Crippen LogP contribution is 2.34. The van der Waals surface area contributed by atoms with E-state index in [0.29, 0.717) is 23.7 Å². The lowest BCUT2D eigenvalue weighted by atomic mass is 9.88. The number of carbonyl (C=O) groups is 1. The minimum absolute atomic E-state index is 0.0562. The molecule has 172 valence electrons. The van der Waals surface area contributed by atoms with E-state index < -0.39 is 0 Å². The first-order valence-corrected chi connectivity index (χ1v) is 11.8. The van der Waals surface area contributed by atoms with E-state index in [2.05, 4.69) is 45.2 Å². The first-order chi connectivity index (χ1) is 16.5. The van der Waals surface area contributed by atoms with Crippen molar-refractivity contribution in [2.45, 2.75) is 32.1 Å². The number of rotatable bonds is 4. The Labute approximate surface area is 198 Å². The van der Waals surface area contributed by atoms with Gasteiger partial charge in [0.15, 0.2) is 5.78 Å². The first-order valence-electron chi connectivity index (χ1n) is 11.8. The number of nitrogens with zero attached hydrogens (tertiary/aromatic N) is 4. The third-order valence-corrected chi connectivity index (χ3v) is 7.24. The number of hydrogen-bond acceptors (Lipinski definition) is 5. The third-order valence-electron chi connectivity index (χ3n) is 7.24. The predicted octanol–water partition coefficient (Wildman–Crippen LogP) is 4.27. The molecule has 1 fully saturated rings. The van der Waals surface area contributed by atoms with E-state index >= 15 is 0 Å². The number of aryl methyl sites for hydroxylation is 1. The van der Waals surface area contributed by atoms with Crippen LogP contribution < -0.4 is 5.73 Å². The highest BCUT2D eigenvalue weighted by molar-refractivity contribution is 6.15. The van der Waals surface area contributed by atoms with Crippen LogP contribution in [0.25, 0.3) is 22.8 Å². The molecule has 4 aromatic rings. The monoisotopic (exact) mass is 452 g/mol. The molecule has 0 radical (unpaired) electrons. The summed E-state index contributed by atoms with van der Waals surface area (Å²) in [7, 11) is 2.18. The van der Waals surface area contributed by atoms with Crippen LogP contribution in [0.15, 0.2) is 48.2 Å². The molecule has 0 spiro atoms. The molecule has 1 saturated heterocycles. The molecule has 0 atom stereocenters. The summed E-state index contributed by atoms with van der Waals surface area (Å²) in [6.45, 7) is 4.19. The van der Waals surface area contributed by atoms with Crippen LogP contribution >= 0.6 is 0 Å². The van der Waals surface area contributed by atoms with Crippen molar-refractivity contribution in [1.29, 1.82) is 0 Å². The van der Waals surface area contributed by atoms with Crippen molar-refractivity contribution in [3.63, 3.8) is 0 Å². The average Bonchev–Trinajstić information content (AvgIpc) is 3.53. The van der Waals surface area contributed by atoms with Gasteiger partial charge in [-0.05, 0) is 86.8 Å². The van der Waals surface area contributed by atoms with E-state index in [1.807, 2.05) is 31.2 Å². The lowest BCUT2D eigenvalue weighted by Gasteiger charge is -2.29. The normalized spacial score (nSPS) is 16.7. The number of nitrogens with two attached hydrogens (primary N) is 1. The largest absolute Gasteiger partial charge is 0.383 e. The summed E-state index contributed by atoms with van der Waals surface area (Å²) >= 11 is 0. The maximum atomic E-state index is 13.4. The molecule has 2 aliphatic rings. The summed E-state index contributed by atoms with van der Waals surface area (Å²) in [4.78, 5) is 23.5. The number of imidazole rings is 1. The third kappa shape index (κ3) is 3.53. The van der Waals surface area contributed by atoms with Crippen molar-refractivity contribution in [2.75, 3.05) is 25.9 Å². The highest BCUT2D eigenvalue weighted by Gasteiger charge is 2.25. The number of hydrogen-bond donors (Lipinski definition) is 2. The standard InChI is InChI=1S/C27H28N6O/c1-16-30-24-6-5-22(14-25(24)31-16)33-27(28)23(15-29-33)26(34)21-12-19-4-3-18(11-20(19)13-21)17-7-9-32(2)10-8-17/h3-6,11,13-15,17H,7-10,12,28H2,1-2H3,(H,30,31). The van der Waals surface area contributed by atoms with Crippen LogP contribution in [0.3, 0.4) is 0 Å². The van der Waals surface area contributed by atoms with Crippen molar-refractivity contribution in [3.8, 4) is 5.69 Å². The number of aromatic nitrogens is 4. The van der Waals surface area contributed by atoms with Gasteiger partial charge in [-0.3, -0.25) is 4.79 Å². The maximum absolute atomic E-state index is 13.4. The smallest absolute Gasteiger partial charge is 0.194 e. The van der Waals surface area contributed by atoms with Crippen LogP contribution in [-0.2, 0) is 6.42 Å². The minimum atomic E-state index is -0.0562. The van der Waals surface area contributed by atoms with Gasteiger partial charge in [0.1, 0.15) is 11.6 Å². The van der Waals surface area contributed by atoms with E-state index in [1.165, 1.54) is 24.0 Å². The lowest BCUT2D eigenvalue weighted by Crippen LogP contribution is -2.29. The quantitative estimate of drug-likeness (QED) is 0.451. The number of ketones is 1. The van der Waals surface area contributed by atoms with Gasteiger partial charge < -0.3 is 15.6 Å². The number of carbonyl (C=O) groups excluding carboxylic acids is 1. The number of aromatic amines is 1. The number of anilines is 1. The fourth-order valence-electron chi connectivity index (χ4n) is 5.26. The van der Waals surface area contributed by atoms with E-state index in [1.54, 1.807) is 10.9 Å². The molecule has 7 nitrogen and oxygen atoms in total. The molecule has 6 rings (SSSR count). The maximum Gasteiger partial charge on any atom is 0.194 e. The van der Waals surface area contributed by atoms with Gasteiger partial charge >= 0.3 is 0 Å². The molecule has 0 saturated carbocycles. The van der Waals surface area contributed by atoms with Crippen LogP contribution in [0.5, 0.6) is 0 Å². The van der Waals surface area contributed by atoms with E-state index in [0.717, 1.165) is 46.8 Å². The molecule has 2 aromatic heterocycles. The summed E-state index contributed by atoms with van der Waals surface area (Å²) in [5.74, 6) is 1.74. The van der Waals surface area contributed by atoms with Crippen LogP contribution in [0.4, 0.5) is 5.82 Å². The number of nitrogen functional groups attached to an aromatic ring is 1. The second-order valence-corrected chi connectivity index (χ2v) is 9.59. The van der Waals surface area contributed by atoms with Crippen LogP contribution in [0, 0.1) is 6.92 Å². The van der Waals surface area contributed by atoms with Gasteiger partial charge in [-0.15, -0.1) is 0 Å². The summed E-state index contributed by atoms with van der Waals surface area (Å²) in [5, 5.41) is 4.43.